The highest BCUT2D eigenvalue weighted by Gasteiger charge is 2.13. The quantitative estimate of drug-likeness (QED) is 0.885. The molecule has 0 amide bonds. The number of anilines is 1. The molecular weight excluding hydrogens is 233 g/mol. The second-order valence-corrected chi connectivity index (χ2v) is 3.98. The molecule has 1 aromatic carbocycles. The number of benzene rings is 1. The number of hydrogen-bond acceptors (Lipinski definition) is 4. The van der Waals surface area contributed by atoms with Crippen LogP contribution < -0.4 is 10.5 Å². The molecule has 4 nitrogen and oxygen atoms in total. The smallest absolute Gasteiger partial charge is 0.136 e. The van der Waals surface area contributed by atoms with E-state index in [2.05, 4.69) is 9.97 Å². The van der Waals surface area contributed by atoms with Crippen LogP contribution in [0, 0.1) is 19.7 Å². The summed E-state index contributed by atoms with van der Waals surface area (Å²) < 4.78 is 19.0. The van der Waals surface area contributed by atoms with Crippen molar-refractivity contribution in [1.82, 2.24) is 9.97 Å². The fourth-order valence-electron chi connectivity index (χ4n) is 1.73. The molecule has 0 aliphatic carbocycles. The van der Waals surface area contributed by atoms with Gasteiger partial charge in [0.15, 0.2) is 0 Å². The number of aryl methyl sites for hydroxylation is 1. The van der Waals surface area contributed by atoms with Gasteiger partial charge in [0.1, 0.15) is 23.2 Å². The predicted molar refractivity (Wildman–Crippen MR) is 67.9 cm³/mol. The van der Waals surface area contributed by atoms with Crippen LogP contribution in [0.25, 0.3) is 11.3 Å². The minimum Gasteiger partial charge on any atom is -0.497 e. The molecule has 18 heavy (non-hydrogen) atoms. The zero-order valence-electron chi connectivity index (χ0n) is 10.5. The van der Waals surface area contributed by atoms with Gasteiger partial charge >= 0.3 is 0 Å². The van der Waals surface area contributed by atoms with Crippen LogP contribution in [0.1, 0.15) is 11.4 Å². The SMILES string of the molecule is COc1ccc(-c2nc(C)nc(N)c2C)c(F)c1. The molecule has 94 valence electrons. The molecule has 2 N–H and O–H groups in total. The largest absolute Gasteiger partial charge is 0.497 e. The minimum absolute atomic E-state index is 0.368. The van der Waals surface area contributed by atoms with Crippen molar-refractivity contribution in [3.8, 4) is 17.0 Å². The molecule has 2 aromatic rings. The van der Waals surface area contributed by atoms with Crippen LogP contribution in [0.4, 0.5) is 10.2 Å². The summed E-state index contributed by atoms with van der Waals surface area (Å²) in [5.74, 6) is 0.957. The number of nitrogen functional groups attached to an aromatic ring is 1. The molecule has 0 aliphatic rings. The molecule has 0 saturated heterocycles. The van der Waals surface area contributed by atoms with E-state index in [1.54, 1.807) is 26.0 Å². The molecule has 0 aliphatic heterocycles. The molecule has 5 heteroatoms. The van der Waals surface area contributed by atoms with Crippen LogP contribution in [0.3, 0.4) is 0 Å². The van der Waals surface area contributed by atoms with Gasteiger partial charge in [-0.1, -0.05) is 0 Å². The van der Waals surface area contributed by atoms with Gasteiger partial charge in [-0.25, -0.2) is 14.4 Å². The highest BCUT2D eigenvalue weighted by Crippen LogP contribution is 2.28. The Labute approximate surface area is 105 Å². The van der Waals surface area contributed by atoms with E-state index in [1.807, 2.05) is 0 Å². The molecular formula is C13H14FN3O. The van der Waals surface area contributed by atoms with Gasteiger partial charge < -0.3 is 10.5 Å². The van der Waals surface area contributed by atoms with Gasteiger partial charge in [0, 0.05) is 17.2 Å². The van der Waals surface area contributed by atoms with Crippen molar-refractivity contribution < 1.29 is 9.13 Å². The van der Waals surface area contributed by atoms with E-state index in [9.17, 15) is 4.39 Å². The third-order valence-electron chi connectivity index (χ3n) is 2.73. The van der Waals surface area contributed by atoms with Crippen molar-refractivity contribution in [2.45, 2.75) is 13.8 Å². The van der Waals surface area contributed by atoms with Gasteiger partial charge in [0.05, 0.1) is 12.8 Å². The maximum atomic E-state index is 14.0. The Balaban J connectivity index is 2.62. The van der Waals surface area contributed by atoms with Crippen molar-refractivity contribution in [2.24, 2.45) is 0 Å². The summed E-state index contributed by atoms with van der Waals surface area (Å²) in [7, 11) is 1.49. The Morgan fingerprint density at radius 2 is 1.94 bits per heavy atom. The maximum absolute atomic E-state index is 14.0. The van der Waals surface area contributed by atoms with Crippen LogP contribution in [-0.2, 0) is 0 Å². The van der Waals surface area contributed by atoms with E-state index in [0.29, 0.717) is 34.2 Å². The van der Waals surface area contributed by atoms with Crippen molar-refractivity contribution in [2.75, 3.05) is 12.8 Å². The number of nitrogens with zero attached hydrogens (tertiary/aromatic N) is 2. The molecule has 0 atom stereocenters. The summed E-state index contributed by atoms with van der Waals surface area (Å²) in [5.41, 5.74) is 7.35. The van der Waals surface area contributed by atoms with E-state index in [0.717, 1.165) is 0 Å². The van der Waals surface area contributed by atoms with E-state index >= 15 is 0 Å². The number of aromatic nitrogens is 2. The first-order valence-corrected chi connectivity index (χ1v) is 5.47. The summed E-state index contributed by atoms with van der Waals surface area (Å²) >= 11 is 0. The van der Waals surface area contributed by atoms with E-state index < -0.39 is 5.82 Å². The average molecular weight is 247 g/mol. The lowest BCUT2D eigenvalue weighted by molar-refractivity contribution is 0.411. The van der Waals surface area contributed by atoms with Crippen LogP contribution >= 0.6 is 0 Å². The Kier molecular flexibility index (Phi) is 3.14. The Bertz CT molecular complexity index is 599. The standard InChI is InChI=1S/C13H14FN3O/c1-7-12(16-8(2)17-13(7)15)10-5-4-9(18-3)6-11(10)14/h4-6H,1-3H3,(H2,15,16,17). The fourth-order valence-corrected chi connectivity index (χ4v) is 1.73. The maximum Gasteiger partial charge on any atom is 0.136 e. The number of nitrogens with two attached hydrogens (primary N) is 1. The number of halogens is 1. The van der Waals surface area contributed by atoms with Gasteiger partial charge in [0.2, 0.25) is 0 Å². The second-order valence-electron chi connectivity index (χ2n) is 3.98. The van der Waals surface area contributed by atoms with Crippen molar-refractivity contribution >= 4 is 5.82 Å². The number of ether oxygens (including phenoxy) is 1. The number of hydrogen-bond donors (Lipinski definition) is 1. The van der Waals surface area contributed by atoms with Gasteiger partial charge in [-0.15, -0.1) is 0 Å². The van der Waals surface area contributed by atoms with Gasteiger partial charge in [0.25, 0.3) is 0 Å². The fraction of sp³-hybridized carbons (Fsp3) is 0.231. The van der Waals surface area contributed by atoms with Gasteiger partial charge in [-0.3, -0.25) is 0 Å². The minimum atomic E-state index is -0.394. The first kappa shape index (κ1) is 12.3. The lowest BCUT2D eigenvalue weighted by Gasteiger charge is -2.10. The summed E-state index contributed by atoms with van der Waals surface area (Å²) in [4.78, 5) is 8.29. The molecule has 1 heterocycles. The van der Waals surface area contributed by atoms with E-state index in [4.69, 9.17) is 10.5 Å². The first-order chi connectivity index (χ1) is 8.52. The highest BCUT2D eigenvalue weighted by molar-refractivity contribution is 5.68. The molecule has 0 fully saturated rings. The highest BCUT2D eigenvalue weighted by atomic mass is 19.1. The van der Waals surface area contributed by atoms with Crippen LogP contribution in [0.5, 0.6) is 5.75 Å². The third-order valence-corrected chi connectivity index (χ3v) is 2.73. The van der Waals surface area contributed by atoms with E-state index in [1.165, 1.54) is 13.2 Å². The molecule has 2 rings (SSSR count). The van der Waals surface area contributed by atoms with Gasteiger partial charge in [-0.05, 0) is 26.0 Å². The molecule has 0 unspecified atom stereocenters. The molecule has 0 bridgehead atoms. The third kappa shape index (κ3) is 2.11. The van der Waals surface area contributed by atoms with E-state index in [-0.39, 0.29) is 0 Å². The zero-order valence-corrected chi connectivity index (χ0v) is 10.5. The summed E-state index contributed by atoms with van der Waals surface area (Å²) in [5, 5.41) is 0. The molecule has 0 radical (unpaired) electrons. The topological polar surface area (TPSA) is 61.0 Å². The van der Waals surface area contributed by atoms with Crippen LogP contribution in [-0.4, -0.2) is 17.1 Å². The number of methoxy groups -OCH3 is 1. The summed E-state index contributed by atoms with van der Waals surface area (Å²) in [6.07, 6.45) is 0. The summed E-state index contributed by atoms with van der Waals surface area (Å²) in [6, 6.07) is 4.64. The normalized spacial score (nSPS) is 10.4. The molecule has 0 saturated carbocycles. The lowest BCUT2D eigenvalue weighted by Crippen LogP contribution is -2.03. The van der Waals surface area contributed by atoms with Crippen molar-refractivity contribution in [3.63, 3.8) is 0 Å². The number of rotatable bonds is 2. The molecule has 1 aromatic heterocycles. The van der Waals surface area contributed by atoms with Crippen LogP contribution in [0.2, 0.25) is 0 Å². The average Bonchev–Trinajstić information content (AvgIpc) is 2.34. The second kappa shape index (κ2) is 4.60. The zero-order chi connectivity index (χ0) is 13.3. The van der Waals surface area contributed by atoms with Gasteiger partial charge in [-0.2, -0.15) is 0 Å². The predicted octanol–water partition coefficient (Wildman–Crippen LogP) is 2.49. The Morgan fingerprint density at radius 1 is 1.22 bits per heavy atom. The molecule has 0 spiro atoms. The van der Waals surface area contributed by atoms with Crippen LogP contribution in [0.15, 0.2) is 18.2 Å². The first-order valence-electron chi connectivity index (χ1n) is 5.47. The monoisotopic (exact) mass is 247 g/mol. The Hall–Kier alpha value is -2.17. The lowest BCUT2D eigenvalue weighted by atomic mass is 10.1. The Morgan fingerprint density at radius 3 is 2.56 bits per heavy atom. The van der Waals surface area contributed by atoms with Crippen molar-refractivity contribution in [1.29, 1.82) is 0 Å². The van der Waals surface area contributed by atoms with Crippen molar-refractivity contribution in [3.05, 3.63) is 35.4 Å². The summed E-state index contributed by atoms with van der Waals surface area (Å²) in [6.45, 7) is 3.49.